The van der Waals surface area contributed by atoms with Crippen LogP contribution in [0.3, 0.4) is 0 Å². The van der Waals surface area contributed by atoms with Gasteiger partial charge in [-0.25, -0.2) is 9.59 Å². The van der Waals surface area contributed by atoms with E-state index in [1.54, 1.807) is 36.4 Å². The average Bonchev–Trinajstić information content (AvgIpc) is 2.84. The summed E-state index contributed by atoms with van der Waals surface area (Å²) < 4.78 is 11.7. The highest BCUT2D eigenvalue weighted by Gasteiger charge is 2.45. The molecule has 0 aliphatic carbocycles. The van der Waals surface area contributed by atoms with Gasteiger partial charge in [0.15, 0.2) is 0 Å². The van der Waals surface area contributed by atoms with Gasteiger partial charge in [0, 0.05) is 12.0 Å². The molecule has 3 rings (SSSR count). The van der Waals surface area contributed by atoms with E-state index in [1.807, 2.05) is 68.5 Å². The molecule has 170 valence electrons. The Labute approximate surface area is 194 Å². The number of carboxylic acids is 1. The van der Waals surface area contributed by atoms with Crippen LogP contribution in [0.2, 0.25) is 0 Å². The molecule has 0 heterocycles. The van der Waals surface area contributed by atoms with Crippen LogP contribution in [0, 0.1) is 0 Å². The molecule has 0 fully saturated rings. The predicted molar refractivity (Wildman–Crippen MR) is 129 cm³/mol. The number of carbonyl (C=O) groups is 2. The Kier molecular flexibility index (Phi) is 8.03. The fraction of sp³-hybridized carbons (Fsp3) is 0.214. The van der Waals surface area contributed by atoms with E-state index >= 15 is 0 Å². The predicted octanol–water partition coefficient (Wildman–Crippen LogP) is 6.59. The number of benzene rings is 3. The monoisotopic (exact) mass is 444 g/mol. The van der Waals surface area contributed by atoms with Crippen molar-refractivity contribution < 1.29 is 24.2 Å². The molecule has 33 heavy (non-hydrogen) atoms. The van der Waals surface area contributed by atoms with E-state index in [1.165, 1.54) is 0 Å². The van der Waals surface area contributed by atoms with Crippen molar-refractivity contribution in [2.45, 2.75) is 38.9 Å². The maximum Gasteiger partial charge on any atom is 0.390 e. The number of allylic oxidation sites excluding steroid dienone is 1. The van der Waals surface area contributed by atoms with Crippen molar-refractivity contribution in [1.82, 2.24) is 0 Å². The zero-order valence-corrected chi connectivity index (χ0v) is 18.9. The number of esters is 1. The lowest BCUT2D eigenvalue weighted by Crippen LogP contribution is -2.48. The number of carbonyl (C=O) groups excluding carboxylic acids is 1. The highest BCUT2D eigenvalue weighted by molar-refractivity contribution is 5.92. The Morgan fingerprint density at radius 1 is 0.939 bits per heavy atom. The van der Waals surface area contributed by atoms with Crippen molar-refractivity contribution in [2.24, 2.45) is 0 Å². The first-order valence-electron chi connectivity index (χ1n) is 11.1. The molecular weight excluding hydrogens is 416 g/mol. The van der Waals surface area contributed by atoms with E-state index in [-0.39, 0.29) is 12.0 Å². The number of hydrogen-bond donors (Lipinski definition) is 1. The summed E-state index contributed by atoms with van der Waals surface area (Å²) in [4.78, 5) is 25.3. The molecule has 3 aromatic rings. The first kappa shape index (κ1) is 23.8. The quantitative estimate of drug-likeness (QED) is 0.282. The van der Waals surface area contributed by atoms with Crippen molar-refractivity contribution in [3.8, 4) is 16.9 Å². The van der Waals surface area contributed by atoms with Crippen LogP contribution < -0.4 is 4.74 Å². The Bertz CT molecular complexity index is 1110. The Hall–Kier alpha value is -3.86. The number of ether oxygens (including phenoxy) is 2. The number of carboxylic acid groups (broad SMARTS) is 1. The normalized spacial score (nSPS) is 12.8. The Morgan fingerprint density at radius 3 is 2.21 bits per heavy atom. The fourth-order valence-electron chi connectivity index (χ4n) is 3.44. The minimum absolute atomic E-state index is 0.00976. The summed E-state index contributed by atoms with van der Waals surface area (Å²) in [5, 5.41) is 10.2. The maximum atomic E-state index is 12.8. The molecule has 0 aliphatic rings. The summed E-state index contributed by atoms with van der Waals surface area (Å²) in [6.07, 6.45) is 5.24. The van der Waals surface area contributed by atoms with Gasteiger partial charge in [0.1, 0.15) is 5.75 Å². The molecule has 1 unspecified atom stereocenters. The van der Waals surface area contributed by atoms with Crippen LogP contribution >= 0.6 is 0 Å². The smallest absolute Gasteiger partial charge is 0.390 e. The van der Waals surface area contributed by atoms with Gasteiger partial charge in [-0.3, -0.25) is 0 Å². The number of aliphatic carboxylic acids is 1. The van der Waals surface area contributed by atoms with Crippen LogP contribution in [-0.2, 0) is 9.53 Å². The highest BCUT2D eigenvalue weighted by Crippen LogP contribution is 2.36. The molecule has 3 aromatic carbocycles. The zero-order valence-electron chi connectivity index (χ0n) is 18.9. The lowest BCUT2D eigenvalue weighted by molar-refractivity contribution is -0.196. The van der Waals surface area contributed by atoms with Crippen molar-refractivity contribution in [1.29, 1.82) is 0 Å². The summed E-state index contributed by atoms with van der Waals surface area (Å²) in [5.41, 5.74) is 2.69. The van der Waals surface area contributed by atoms with Gasteiger partial charge in [0.2, 0.25) is 0 Å². The molecular formula is C28H28O5. The minimum atomic E-state index is -2.17. The SMILES string of the molecule is CCC=Cc1ccc(-c2ccccc2)c(OC(CCC)(OC(=O)c2ccccc2)C(=O)O)c1. The van der Waals surface area contributed by atoms with Crippen molar-refractivity contribution in [2.75, 3.05) is 0 Å². The average molecular weight is 445 g/mol. The summed E-state index contributed by atoms with van der Waals surface area (Å²) in [7, 11) is 0. The standard InChI is InChI=1S/C28H28O5/c1-3-5-12-21-17-18-24(22-13-8-6-9-14-22)25(20-21)32-28(19-4-2,27(30)31)33-26(29)23-15-10-7-11-16-23/h5-18,20H,3-4,19H2,1-2H3,(H,30,31). The van der Waals surface area contributed by atoms with Gasteiger partial charge in [-0.05, 0) is 42.2 Å². The summed E-state index contributed by atoms with van der Waals surface area (Å²) in [6.45, 7) is 3.85. The molecule has 0 aromatic heterocycles. The fourth-order valence-corrected chi connectivity index (χ4v) is 3.44. The van der Waals surface area contributed by atoms with Crippen LogP contribution in [0.4, 0.5) is 0 Å². The maximum absolute atomic E-state index is 12.8. The number of rotatable bonds is 10. The zero-order chi connectivity index (χ0) is 23.7. The van der Waals surface area contributed by atoms with Crippen LogP contribution in [0.5, 0.6) is 5.75 Å². The molecule has 0 spiro atoms. The highest BCUT2D eigenvalue weighted by atomic mass is 16.7. The van der Waals surface area contributed by atoms with Gasteiger partial charge in [0.05, 0.1) is 5.56 Å². The Balaban J connectivity index is 2.07. The number of hydrogen-bond acceptors (Lipinski definition) is 4. The molecule has 0 saturated carbocycles. The van der Waals surface area contributed by atoms with Crippen LogP contribution in [0.15, 0.2) is 84.9 Å². The van der Waals surface area contributed by atoms with E-state index < -0.39 is 17.7 Å². The molecule has 0 saturated heterocycles. The second-order valence-electron chi connectivity index (χ2n) is 7.60. The second kappa shape index (κ2) is 11.1. The van der Waals surface area contributed by atoms with Crippen LogP contribution in [0.25, 0.3) is 17.2 Å². The van der Waals surface area contributed by atoms with Gasteiger partial charge < -0.3 is 14.6 Å². The van der Waals surface area contributed by atoms with E-state index in [9.17, 15) is 14.7 Å². The molecule has 0 bridgehead atoms. The Morgan fingerprint density at radius 2 is 1.61 bits per heavy atom. The summed E-state index contributed by atoms with van der Waals surface area (Å²) in [6, 6.07) is 23.4. The second-order valence-corrected chi connectivity index (χ2v) is 7.60. The molecule has 5 heteroatoms. The summed E-state index contributed by atoms with van der Waals surface area (Å²) in [5.74, 6) is -3.95. The van der Waals surface area contributed by atoms with E-state index in [4.69, 9.17) is 9.47 Å². The lowest BCUT2D eigenvalue weighted by Gasteiger charge is -2.30. The van der Waals surface area contributed by atoms with Gasteiger partial charge in [-0.15, -0.1) is 0 Å². The van der Waals surface area contributed by atoms with E-state index in [0.717, 1.165) is 17.5 Å². The molecule has 1 N–H and O–H groups in total. The van der Waals surface area contributed by atoms with Gasteiger partial charge in [-0.1, -0.05) is 86.7 Å². The molecule has 5 nitrogen and oxygen atoms in total. The molecule has 1 atom stereocenters. The van der Waals surface area contributed by atoms with E-state index in [2.05, 4.69) is 0 Å². The van der Waals surface area contributed by atoms with Gasteiger partial charge in [0.25, 0.3) is 0 Å². The summed E-state index contributed by atoms with van der Waals surface area (Å²) >= 11 is 0. The van der Waals surface area contributed by atoms with Crippen molar-refractivity contribution in [3.63, 3.8) is 0 Å². The lowest BCUT2D eigenvalue weighted by atomic mass is 10.0. The van der Waals surface area contributed by atoms with Gasteiger partial charge >= 0.3 is 17.7 Å². The van der Waals surface area contributed by atoms with E-state index in [0.29, 0.717) is 17.7 Å². The topological polar surface area (TPSA) is 72.8 Å². The minimum Gasteiger partial charge on any atom is -0.475 e. The first-order chi connectivity index (χ1) is 16.0. The van der Waals surface area contributed by atoms with Crippen LogP contribution in [0.1, 0.15) is 49.0 Å². The third-order valence-corrected chi connectivity index (χ3v) is 5.08. The van der Waals surface area contributed by atoms with Crippen molar-refractivity contribution in [3.05, 3.63) is 96.1 Å². The molecule has 0 radical (unpaired) electrons. The van der Waals surface area contributed by atoms with Gasteiger partial charge in [-0.2, -0.15) is 0 Å². The largest absolute Gasteiger partial charge is 0.475 e. The molecule has 0 amide bonds. The first-order valence-corrected chi connectivity index (χ1v) is 11.1. The van der Waals surface area contributed by atoms with Crippen molar-refractivity contribution >= 4 is 18.0 Å². The third kappa shape index (κ3) is 5.89. The van der Waals surface area contributed by atoms with Crippen LogP contribution in [-0.4, -0.2) is 22.8 Å². The third-order valence-electron chi connectivity index (χ3n) is 5.08. The molecule has 0 aliphatic heterocycles.